The predicted octanol–water partition coefficient (Wildman–Crippen LogP) is 2.07. The lowest BCUT2D eigenvalue weighted by molar-refractivity contribution is -0.120. The molecule has 0 heterocycles. The monoisotopic (exact) mass is 192 g/mol. The molecule has 1 aliphatic carbocycles. The van der Waals surface area contributed by atoms with Gasteiger partial charge in [0, 0.05) is 13.5 Å². The molecule has 2 atom stereocenters. The van der Waals surface area contributed by atoms with Crippen LogP contribution in [0.15, 0.2) is 30.3 Å². The zero-order chi connectivity index (χ0) is 10.2. The molecule has 1 aliphatic rings. The van der Waals surface area contributed by atoms with Crippen molar-refractivity contribution in [3.63, 3.8) is 0 Å². The van der Waals surface area contributed by atoms with Crippen molar-refractivity contribution in [3.05, 3.63) is 35.9 Å². The highest BCUT2D eigenvalue weighted by atomic mass is 16.6. The van der Waals surface area contributed by atoms with Gasteiger partial charge in [-0.1, -0.05) is 37.3 Å². The first-order valence-electron chi connectivity index (χ1n) is 5.01. The van der Waals surface area contributed by atoms with Gasteiger partial charge in [0.25, 0.3) is 0 Å². The molecule has 14 heavy (non-hydrogen) atoms. The molecule has 1 aromatic carbocycles. The quantitative estimate of drug-likeness (QED) is 0.743. The summed E-state index contributed by atoms with van der Waals surface area (Å²) in [4.78, 5) is 0. The van der Waals surface area contributed by atoms with E-state index in [2.05, 4.69) is 19.1 Å². The van der Waals surface area contributed by atoms with Crippen LogP contribution in [-0.2, 0) is 10.2 Å². The van der Waals surface area contributed by atoms with Crippen LogP contribution in [-0.4, -0.2) is 18.0 Å². The molecular weight excluding hydrogens is 176 g/mol. The van der Waals surface area contributed by atoms with Crippen molar-refractivity contribution in [1.29, 1.82) is 0 Å². The van der Waals surface area contributed by atoms with Crippen LogP contribution >= 0.6 is 0 Å². The average Bonchev–Trinajstić information content (AvgIpc) is 2.88. The highest BCUT2D eigenvalue weighted by molar-refractivity contribution is 5.37. The van der Waals surface area contributed by atoms with Gasteiger partial charge < -0.3 is 9.84 Å². The van der Waals surface area contributed by atoms with Gasteiger partial charge >= 0.3 is 0 Å². The third-order valence-corrected chi connectivity index (χ3v) is 3.43. The first-order valence-corrected chi connectivity index (χ1v) is 5.01. The summed E-state index contributed by atoms with van der Waals surface area (Å²) in [5.41, 5.74) is 0.995. The van der Waals surface area contributed by atoms with Crippen LogP contribution in [0.25, 0.3) is 0 Å². The molecule has 0 bridgehead atoms. The van der Waals surface area contributed by atoms with Gasteiger partial charge in [-0.15, -0.1) is 0 Å². The van der Waals surface area contributed by atoms with Crippen LogP contribution in [0.4, 0.5) is 0 Å². The Balaban J connectivity index is 2.34. The molecule has 2 rings (SSSR count). The minimum absolute atomic E-state index is 0.178. The molecule has 0 spiro atoms. The van der Waals surface area contributed by atoms with E-state index in [1.807, 2.05) is 18.2 Å². The lowest BCUT2D eigenvalue weighted by atomic mass is 9.92. The van der Waals surface area contributed by atoms with Crippen molar-refractivity contribution in [1.82, 2.24) is 0 Å². The average molecular weight is 192 g/mol. The molecule has 1 fully saturated rings. The van der Waals surface area contributed by atoms with E-state index in [0.717, 1.165) is 6.42 Å². The van der Waals surface area contributed by atoms with Crippen molar-refractivity contribution in [3.8, 4) is 0 Å². The molecule has 1 N–H and O–H groups in total. The summed E-state index contributed by atoms with van der Waals surface area (Å²) in [6.45, 7) is 2.09. The Morgan fingerprint density at radius 1 is 1.36 bits per heavy atom. The van der Waals surface area contributed by atoms with Crippen molar-refractivity contribution in [2.75, 3.05) is 7.11 Å². The number of hydrogen-bond acceptors (Lipinski definition) is 2. The van der Waals surface area contributed by atoms with E-state index in [-0.39, 0.29) is 5.41 Å². The lowest BCUT2D eigenvalue weighted by Crippen LogP contribution is -2.25. The summed E-state index contributed by atoms with van der Waals surface area (Å²) in [6, 6.07) is 10.1. The summed E-state index contributed by atoms with van der Waals surface area (Å²) >= 11 is 0. The summed E-state index contributed by atoms with van der Waals surface area (Å²) in [5, 5.41) is 10.1. The number of methoxy groups -OCH3 is 1. The van der Waals surface area contributed by atoms with Crippen molar-refractivity contribution < 1.29 is 9.84 Å². The second kappa shape index (κ2) is 3.07. The van der Waals surface area contributed by atoms with Crippen molar-refractivity contribution >= 4 is 0 Å². The van der Waals surface area contributed by atoms with E-state index < -0.39 is 5.79 Å². The molecule has 1 saturated carbocycles. The molecule has 0 amide bonds. The van der Waals surface area contributed by atoms with Crippen LogP contribution in [0.3, 0.4) is 0 Å². The third kappa shape index (κ3) is 1.11. The van der Waals surface area contributed by atoms with E-state index in [0.29, 0.717) is 6.42 Å². The van der Waals surface area contributed by atoms with E-state index in [1.54, 1.807) is 7.11 Å². The zero-order valence-corrected chi connectivity index (χ0v) is 8.66. The Bertz CT molecular complexity index is 322. The SMILES string of the molecule is CC[C@@]1(c2ccccc2)C[C@]1(O)OC. The van der Waals surface area contributed by atoms with Gasteiger partial charge in [0.15, 0.2) is 5.79 Å². The number of aliphatic hydroxyl groups is 1. The van der Waals surface area contributed by atoms with Gasteiger partial charge in [-0.25, -0.2) is 0 Å². The second-order valence-electron chi connectivity index (χ2n) is 3.97. The van der Waals surface area contributed by atoms with Gasteiger partial charge in [-0.3, -0.25) is 0 Å². The Kier molecular flexibility index (Phi) is 2.13. The molecule has 0 aliphatic heterocycles. The highest BCUT2D eigenvalue weighted by Gasteiger charge is 2.67. The number of benzene rings is 1. The normalized spacial score (nSPS) is 35.6. The van der Waals surface area contributed by atoms with Gasteiger partial charge in [-0.05, 0) is 12.0 Å². The molecule has 1 aromatic rings. The smallest absolute Gasteiger partial charge is 0.176 e. The Morgan fingerprint density at radius 3 is 2.43 bits per heavy atom. The minimum atomic E-state index is -0.941. The van der Waals surface area contributed by atoms with Crippen molar-refractivity contribution in [2.24, 2.45) is 0 Å². The maximum absolute atomic E-state index is 10.1. The fraction of sp³-hybridized carbons (Fsp3) is 0.500. The number of hydrogen-bond donors (Lipinski definition) is 1. The number of rotatable bonds is 3. The first kappa shape index (κ1) is 9.69. The number of ether oxygens (including phenoxy) is 1. The van der Waals surface area contributed by atoms with Crippen molar-refractivity contribution in [2.45, 2.75) is 31.0 Å². The second-order valence-corrected chi connectivity index (χ2v) is 3.97. The van der Waals surface area contributed by atoms with Gasteiger partial charge in [0.2, 0.25) is 0 Å². The van der Waals surface area contributed by atoms with E-state index in [4.69, 9.17) is 4.74 Å². The fourth-order valence-corrected chi connectivity index (χ4v) is 2.32. The molecule has 0 saturated heterocycles. The van der Waals surface area contributed by atoms with Crippen LogP contribution in [0.1, 0.15) is 25.3 Å². The maximum atomic E-state index is 10.1. The topological polar surface area (TPSA) is 29.5 Å². The van der Waals surface area contributed by atoms with Crippen LogP contribution < -0.4 is 0 Å². The molecule has 0 radical (unpaired) electrons. The highest BCUT2D eigenvalue weighted by Crippen LogP contribution is 2.60. The van der Waals surface area contributed by atoms with Gasteiger partial charge in [0.05, 0.1) is 5.41 Å². The van der Waals surface area contributed by atoms with E-state index >= 15 is 0 Å². The van der Waals surface area contributed by atoms with E-state index in [1.165, 1.54) is 5.56 Å². The van der Waals surface area contributed by atoms with Crippen LogP contribution in [0, 0.1) is 0 Å². The van der Waals surface area contributed by atoms with Gasteiger partial charge in [0.1, 0.15) is 0 Å². The summed E-state index contributed by atoms with van der Waals surface area (Å²) < 4.78 is 5.17. The Morgan fingerprint density at radius 2 is 2.00 bits per heavy atom. The molecule has 0 aromatic heterocycles. The third-order valence-electron chi connectivity index (χ3n) is 3.43. The summed E-state index contributed by atoms with van der Waals surface area (Å²) in [7, 11) is 1.57. The summed E-state index contributed by atoms with van der Waals surface area (Å²) in [5.74, 6) is -0.941. The molecular formula is C12H16O2. The molecule has 0 unspecified atom stereocenters. The van der Waals surface area contributed by atoms with Crippen LogP contribution in [0.2, 0.25) is 0 Å². The Hall–Kier alpha value is -0.860. The maximum Gasteiger partial charge on any atom is 0.176 e. The zero-order valence-electron chi connectivity index (χ0n) is 8.66. The first-order chi connectivity index (χ1) is 6.68. The Labute approximate surface area is 84.5 Å². The van der Waals surface area contributed by atoms with E-state index in [9.17, 15) is 5.11 Å². The fourth-order valence-electron chi connectivity index (χ4n) is 2.32. The lowest BCUT2D eigenvalue weighted by Gasteiger charge is -2.19. The minimum Gasteiger partial charge on any atom is -0.365 e. The molecule has 76 valence electrons. The summed E-state index contributed by atoms with van der Waals surface area (Å²) in [6.07, 6.45) is 1.61. The predicted molar refractivity (Wildman–Crippen MR) is 55.0 cm³/mol. The molecule has 2 nitrogen and oxygen atoms in total. The van der Waals surface area contributed by atoms with Gasteiger partial charge in [-0.2, -0.15) is 0 Å². The largest absolute Gasteiger partial charge is 0.365 e. The standard InChI is InChI=1S/C12H16O2/c1-3-11(9-12(11,13)14-2)10-7-5-4-6-8-10/h4-8,13H,3,9H2,1-2H3/t11-,12-/m0/s1. The molecule has 2 heteroatoms. The van der Waals surface area contributed by atoms with Crippen LogP contribution in [0.5, 0.6) is 0 Å².